The van der Waals surface area contributed by atoms with Crippen molar-refractivity contribution in [1.29, 1.82) is 0 Å². The van der Waals surface area contributed by atoms with E-state index in [0.29, 0.717) is 12.8 Å². The number of hydrogen-bond acceptors (Lipinski definition) is 2. The summed E-state index contributed by atoms with van der Waals surface area (Å²) >= 11 is 1.71. The summed E-state index contributed by atoms with van der Waals surface area (Å²) in [4.78, 5) is 0. The van der Waals surface area contributed by atoms with E-state index in [1.54, 1.807) is 23.5 Å². The Bertz CT molecular complexity index is 823. The van der Waals surface area contributed by atoms with Gasteiger partial charge in [0.2, 0.25) is 0 Å². The molecule has 1 aliphatic carbocycles. The fourth-order valence-electron chi connectivity index (χ4n) is 3.37. The molecule has 2 aromatic carbocycles. The van der Waals surface area contributed by atoms with E-state index in [-0.39, 0.29) is 5.82 Å². The number of fused-ring (bicyclic) bond motifs is 2. The number of aryl methyl sites for hydroxylation is 1. The molecule has 106 valence electrons. The van der Waals surface area contributed by atoms with E-state index in [1.165, 1.54) is 21.7 Å². The van der Waals surface area contributed by atoms with Crippen LogP contribution in [0, 0.1) is 5.82 Å². The predicted octanol–water partition coefficient (Wildman–Crippen LogP) is 4.42. The largest absolute Gasteiger partial charge is 0.385 e. The molecular formula is C18H15FOS. The first-order valence-corrected chi connectivity index (χ1v) is 8.00. The third-order valence-corrected chi connectivity index (χ3v) is 5.43. The number of benzene rings is 2. The molecule has 3 aromatic rings. The highest BCUT2D eigenvalue weighted by molar-refractivity contribution is 7.17. The maximum absolute atomic E-state index is 13.3. The quantitative estimate of drug-likeness (QED) is 0.742. The highest BCUT2D eigenvalue weighted by Crippen LogP contribution is 2.41. The van der Waals surface area contributed by atoms with Gasteiger partial charge in [-0.05, 0) is 58.5 Å². The Morgan fingerprint density at radius 1 is 1.19 bits per heavy atom. The van der Waals surface area contributed by atoms with Crippen LogP contribution in [-0.4, -0.2) is 5.11 Å². The topological polar surface area (TPSA) is 20.2 Å². The average molecular weight is 298 g/mol. The van der Waals surface area contributed by atoms with Crippen LogP contribution in [0.25, 0.3) is 10.1 Å². The molecule has 0 amide bonds. The van der Waals surface area contributed by atoms with E-state index in [9.17, 15) is 9.50 Å². The van der Waals surface area contributed by atoms with Gasteiger partial charge in [-0.25, -0.2) is 4.39 Å². The van der Waals surface area contributed by atoms with Gasteiger partial charge < -0.3 is 5.11 Å². The van der Waals surface area contributed by atoms with Crippen molar-refractivity contribution in [3.63, 3.8) is 0 Å². The van der Waals surface area contributed by atoms with Gasteiger partial charge in [-0.1, -0.05) is 24.3 Å². The highest BCUT2D eigenvalue weighted by Gasteiger charge is 2.37. The van der Waals surface area contributed by atoms with Crippen LogP contribution in [0.2, 0.25) is 0 Å². The van der Waals surface area contributed by atoms with Crippen LogP contribution in [0.4, 0.5) is 4.39 Å². The van der Waals surface area contributed by atoms with Gasteiger partial charge in [0.15, 0.2) is 0 Å². The predicted molar refractivity (Wildman–Crippen MR) is 84.1 cm³/mol. The van der Waals surface area contributed by atoms with Gasteiger partial charge in [0.25, 0.3) is 0 Å². The Balaban J connectivity index is 1.75. The lowest BCUT2D eigenvalue weighted by Crippen LogP contribution is -2.25. The van der Waals surface area contributed by atoms with Crippen LogP contribution in [0.5, 0.6) is 0 Å². The van der Waals surface area contributed by atoms with Gasteiger partial charge in [-0.15, -0.1) is 11.3 Å². The van der Waals surface area contributed by atoms with Gasteiger partial charge in [0.1, 0.15) is 5.82 Å². The van der Waals surface area contributed by atoms with E-state index in [1.807, 2.05) is 12.1 Å². The third kappa shape index (κ3) is 2.08. The first-order valence-electron chi connectivity index (χ1n) is 7.12. The number of aliphatic hydroxyl groups is 1. The smallest absolute Gasteiger partial charge is 0.123 e. The summed E-state index contributed by atoms with van der Waals surface area (Å²) in [5.74, 6) is -0.223. The molecule has 1 unspecified atom stereocenters. The van der Waals surface area contributed by atoms with E-state index >= 15 is 0 Å². The van der Waals surface area contributed by atoms with E-state index in [2.05, 4.69) is 17.5 Å². The molecule has 1 aromatic heterocycles. The fourth-order valence-corrected chi connectivity index (χ4v) is 4.33. The Morgan fingerprint density at radius 2 is 2.05 bits per heavy atom. The first-order chi connectivity index (χ1) is 10.2. The van der Waals surface area contributed by atoms with Crippen LogP contribution in [0.3, 0.4) is 0 Å². The molecular weight excluding hydrogens is 283 g/mol. The van der Waals surface area contributed by atoms with Crippen LogP contribution in [0.15, 0.2) is 47.8 Å². The SMILES string of the molecule is OC1(Cc2csc3ccccc23)CCc2cc(F)ccc21. The Morgan fingerprint density at radius 3 is 2.95 bits per heavy atom. The molecule has 1 N–H and O–H groups in total. The van der Waals surface area contributed by atoms with Crippen molar-refractivity contribution in [3.05, 3.63) is 70.4 Å². The summed E-state index contributed by atoms with van der Waals surface area (Å²) < 4.78 is 14.6. The molecule has 1 heterocycles. The molecule has 0 spiro atoms. The number of hydrogen-bond donors (Lipinski definition) is 1. The summed E-state index contributed by atoms with van der Waals surface area (Å²) in [5, 5.41) is 14.4. The molecule has 1 atom stereocenters. The second kappa shape index (κ2) is 4.65. The minimum absolute atomic E-state index is 0.223. The molecule has 1 aliphatic rings. The lowest BCUT2D eigenvalue weighted by atomic mass is 9.88. The molecule has 3 heteroatoms. The van der Waals surface area contributed by atoms with E-state index < -0.39 is 5.60 Å². The van der Waals surface area contributed by atoms with Crippen molar-refractivity contribution >= 4 is 21.4 Å². The maximum Gasteiger partial charge on any atom is 0.123 e. The maximum atomic E-state index is 13.3. The fraction of sp³-hybridized carbons (Fsp3) is 0.222. The Labute approximate surface area is 126 Å². The van der Waals surface area contributed by atoms with E-state index in [0.717, 1.165) is 17.5 Å². The molecule has 0 fully saturated rings. The zero-order valence-corrected chi connectivity index (χ0v) is 12.3. The van der Waals surface area contributed by atoms with Crippen molar-refractivity contribution in [2.24, 2.45) is 0 Å². The van der Waals surface area contributed by atoms with Crippen LogP contribution >= 0.6 is 11.3 Å². The van der Waals surface area contributed by atoms with Gasteiger partial charge in [0, 0.05) is 11.1 Å². The van der Waals surface area contributed by atoms with Gasteiger partial charge in [0.05, 0.1) is 5.60 Å². The van der Waals surface area contributed by atoms with Gasteiger partial charge >= 0.3 is 0 Å². The van der Waals surface area contributed by atoms with Crippen LogP contribution < -0.4 is 0 Å². The average Bonchev–Trinajstić information content (AvgIpc) is 3.02. The van der Waals surface area contributed by atoms with Crippen LogP contribution in [-0.2, 0) is 18.4 Å². The van der Waals surface area contributed by atoms with E-state index in [4.69, 9.17) is 0 Å². The summed E-state index contributed by atoms with van der Waals surface area (Å²) in [7, 11) is 0. The highest BCUT2D eigenvalue weighted by atomic mass is 32.1. The second-order valence-electron chi connectivity index (χ2n) is 5.77. The number of rotatable bonds is 2. The minimum Gasteiger partial charge on any atom is -0.385 e. The summed E-state index contributed by atoms with van der Waals surface area (Å²) in [5.41, 5.74) is 2.14. The number of halogens is 1. The van der Waals surface area contributed by atoms with Gasteiger partial charge in [-0.2, -0.15) is 0 Å². The Hall–Kier alpha value is -1.71. The lowest BCUT2D eigenvalue weighted by molar-refractivity contribution is 0.0393. The third-order valence-electron chi connectivity index (χ3n) is 4.42. The monoisotopic (exact) mass is 298 g/mol. The minimum atomic E-state index is -0.868. The van der Waals surface area contributed by atoms with Crippen molar-refractivity contribution in [1.82, 2.24) is 0 Å². The zero-order chi connectivity index (χ0) is 14.4. The van der Waals surface area contributed by atoms with Crippen molar-refractivity contribution < 1.29 is 9.50 Å². The summed E-state index contributed by atoms with van der Waals surface area (Å²) in [6.45, 7) is 0. The molecule has 0 bridgehead atoms. The second-order valence-corrected chi connectivity index (χ2v) is 6.68. The summed E-state index contributed by atoms with van der Waals surface area (Å²) in [6, 6.07) is 13.0. The molecule has 1 nitrogen and oxygen atoms in total. The lowest BCUT2D eigenvalue weighted by Gasteiger charge is -2.24. The molecule has 4 rings (SSSR count). The van der Waals surface area contributed by atoms with Crippen molar-refractivity contribution in [2.75, 3.05) is 0 Å². The summed E-state index contributed by atoms with van der Waals surface area (Å²) in [6.07, 6.45) is 2.00. The standard InChI is InChI=1S/C18H15FOS/c19-14-5-6-16-12(9-14)7-8-18(16,20)10-13-11-21-17-4-2-1-3-15(13)17/h1-6,9,11,20H,7-8,10H2. The normalized spacial score (nSPS) is 20.9. The van der Waals surface area contributed by atoms with Crippen LogP contribution in [0.1, 0.15) is 23.1 Å². The van der Waals surface area contributed by atoms with Gasteiger partial charge in [-0.3, -0.25) is 0 Å². The Kier molecular flexibility index (Phi) is 2.88. The van der Waals surface area contributed by atoms with Crippen molar-refractivity contribution in [2.45, 2.75) is 24.9 Å². The number of thiophene rings is 1. The first kappa shape index (κ1) is 13.0. The van der Waals surface area contributed by atoms with Crippen molar-refractivity contribution in [3.8, 4) is 0 Å². The molecule has 0 saturated heterocycles. The molecule has 0 saturated carbocycles. The zero-order valence-electron chi connectivity index (χ0n) is 11.5. The molecule has 21 heavy (non-hydrogen) atoms. The molecule has 0 radical (unpaired) electrons. The molecule has 0 aliphatic heterocycles.